The van der Waals surface area contributed by atoms with E-state index in [1.807, 2.05) is 0 Å². The van der Waals surface area contributed by atoms with Crippen molar-refractivity contribution in [3.63, 3.8) is 0 Å². The van der Waals surface area contributed by atoms with Crippen LogP contribution in [0.4, 0.5) is 0 Å². The van der Waals surface area contributed by atoms with Gasteiger partial charge in [0, 0.05) is 12.6 Å². The molecule has 11 heavy (non-hydrogen) atoms. The monoisotopic (exact) mass is 180 g/mol. The summed E-state index contributed by atoms with van der Waals surface area (Å²) in [6.45, 7) is 0.949. The third kappa shape index (κ3) is 6.42. The Hall–Kier alpha value is 0.0169. The highest BCUT2D eigenvalue weighted by atomic mass is 28.4. The minimum atomic E-state index is -3.41. The number of rotatable bonds is 6. The summed E-state index contributed by atoms with van der Waals surface area (Å²) in [6, 6.07) is 0.253. The van der Waals surface area contributed by atoms with Crippen molar-refractivity contribution in [2.75, 3.05) is 19.7 Å². The van der Waals surface area contributed by atoms with E-state index < -0.39 is 8.80 Å². The minimum Gasteiger partial charge on any atom is -0.390 e. The molecule has 0 aromatic heterocycles. The van der Waals surface area contributed by atoms with Crippen molar-refractivity contribution < 1.29 is 14.0 Å². The molecule has 68 valence electrons. The summed E-state index contributed by atoms with van der Waals surface area (Å²) >= 11 is 0. The maximum Gasteiger partial charge on any atom is 0.495 e. The van der Waals surface area contributed by atoms with Crippen molar-refractivity contribution in [1.82, 2.24) is 0 Å². The van der Waals surface area contributed by atoms with Crippen LogP contribution in [0, 0.1) is 0 Å². The van der Waals surface area contributed by atoms with Crippen molar-refractivity contribution in [2.24, 2.45) is 11.5 Å². The van der Waals surface area contributed by atoms with Gasteiger partial charge in [-0.25, -0.2) is 0 Å². The smallest absolute Gasteiger partial charge is 0.390 e. The van der Waals surface area contributed by atoms with Gasteiger partial charge in [0.25, 0.3) is 0 Å². The predicted octanol–water partition coefficient (Wildman–Crippen LogP) is -1.77. The molecule has 0 radical (unpaired) electrons. The van der Waals surface area contributed by atoms with Gasteiger partial charge in [-0.05, 0) is 13.0 Å². The average Bonchev–Trinajstić information content (AvgIpc) is 1.97. The molecule has 0 heterocycles. The molecule has 0 aliphatic heterocycles. The van der Waals surface area contributed by atoms with Crippen LogP contribution in [0.1, 0.15) is 6.42 Å². The van der Waals surface area contributed by atoms with Gasteiger partial charge in [-0.1, -0.05) is 0 Å². The van der Waals surface area contributed by atoms with Gasteiger partial charge < -0.3 is 25.5 Å². The average molecular weight is 180 g/mol. The Balaban J connectivity index is 3.43. The predicted molar refractivity (Wildman–Crippen MR) is 43.7 cm³/mol. The lowest BCUT2D eigenvalue weighted by Gasteiger charge is -2.16. The van der Waals surface area contributed by atoms with E-state index in [9.17, 15) is 0 Å². The van der Waals surface area contributed by atoms with Crippen LogP contribution >= 0.6 is 0 Å². The van der Waals surface area contributed by atoms with Gasteiger partial charge in [0.1, 0.15) is 0 Å². The number of nitrogens with two attached hydrogens (primary N) is 2. The summed E-state index contributed by atoms with van der Waals surface area (Å²) < 4.78 is 4.75. The van der Waals surface area contributed by atoms with Crippen molar-refractivity contribution in [3.05, 3.63) is 0 Å². The molecule has 0 spiro atoms. The zero-order chi connectivity index (χ0) is 8.74. The second-order valence-electron chi connectivity index (χ2n) is 2.27. The second-order valence-corrected chi connectivity index (χ2v) is 4.55. The van der Waals surface area contributed by atoms with E-state index in [4.69, 9.17) is 25.5 Å². The molecule has 0 amide bonds. The summed E-state index contributed by atoms with van der Waals surface area (Å²) in [6.07, 6.45) is 0.573. The molecule has 0 atom stereocenters. The first-order valence-electron chi connectivity index (χ1n) is 3.61. The zero-order valence-electron chi connectivity index (χ0n) is 6.49. The van der Waals surface area contributed by atoms with Crippen molar-refractivity contribution in [2.45, 2.75) is 12.5 Å². The summed E-state index contributed by atoms with van der Waals surface area (Å²) in [7, 11) is -3.41. The first-order chi connectivity index (χ1) is 5.12. The molecule has 0 aromatic rings. The summed E-state index contributed by atoms with van der Waals surface area (Å²) in [5.41, 5.74) is 10.3. The van der Waals surface area contributed by atoms with Gasteiger partial charge in [0.15, 0.2) is 0 Å². The first-order valence-corrected chi connectivity index (χ1v) is 5.62. The topological polar surface area (TPSA) is 102 Å². The van der Waals surface area contributed by atoms with Crippen LogP contribution in [0.25, 0.3) is 0 Å². The van der Waals surface area contributed by atoms with Crippen molar-refractivity contribution >= 4 is 8.80 Å². The summed E-state index contributed by atoms with van der Waals surface area (Å²) in [4.78, 5) is 18.3. The van der Waals surface area contributed by atoms with E-state index in [2.05, 4.69) is 0 Å². The van der Waals surface area contributed by atoms with Crippen LogP contribution in [-0.2, 0) is 4.43 Å². The van der Waals surface area contributed by atoms with E-state index >= 15 is 0 Å². The minimum absolute atomic E-state index is 0.198. The SMILES string of the molecule is NCCC[Si](O)(O)OCCN. The molecule has 0 fully saturated rings. The van der Waals surface area contributed by atoms with Crippen LogP contribution in [0.2, 0.25) is 6.04 Å². The number of hydrogen-bond acceptors (Lipinski definition) is 5. The zero-order valence-corrected chi connectivity index (χ0v) is 7.49. The van der Waals surface area contributed by atoms with Crippen LogP contribution in [-0.4, -0.2) is 38.1 Å². The van der Waals surface area contributed by atoms with E-state index in [0.717, 1.165) is 0 Å². The molecule has 6 heteroatoms. The Morgan fingerprint density at radius 3 is 2.27 bits per heavy atom. The van der Waals surface area contributed by atoms with Crippen LogP contribution in [0.15, 0.2) is 0 Å². The first kappa shape index (κ1) is 11.0. The van der Waals surface area contributed by atoms with Crippen LogP contribution in [0.5, 0.6) is 0 Å². The molecule has 0 aliphatic carbocycles. The molecule has 0 rings (SSSR count). The van der Waals surface area contributed by atoms with Crippen molar-refractivity contribution in [1.29, 1.82) is 0 Å². The normalized spacial score (nSPS) is 12.0. The maximum absolute atomic E-state index is 9.14. The highest BCUT2D eigenvalue weighted by molar-refractivity contribution is 6.57. The van der Waals surface area contributed by atoms with Gasteiger partial charge >= 0.3 is 8.80 Å². The Morgan fingerprint density at radius 2 is 1.82 bits per heavy atom. The van der Waals surface area contributed by atoms with E-state index in [-0.39, 0.29) is 12.7 Å². The Labute approximate surface area is 67.3 Å². The third-order valence-corrected chi connectivity index (χ3v) is 2.83. The lowest BCUT2D eigenvalue weighted by atomic mass is 10.5. The molecule has 0 unspecified atom stereocenters. The molecule has 0 aliphatic rings. The Kier molecular flexibility index (Phi) is 5.65. The highest BCUT2D eigenvalue weighted by Crippen LogP contribution is 2.05. The maximum atomic E-state index is 9.14. The summed E-state index contributed by atoms with van der Waals surface area (Å²) in [5, 5.41) is 0. The molecular weight excluding hydrogens is 164 g/mol. The Bertz CT molecular complexity index is 91.7. The fourth-order valence-corrected chi connectivity index (χ4v) is 1.88. The van der Waals surface area contributed by atoms with Gasteiger partial charge in [0.2, 0.25) is 0 Å². The van der Waals surface area contributed by atoms with Gasteiger partial charge in [-0.2, -0.15) is 0 Å². The van der Waals surface area contributed by atoms with Crippen LogP contribution < -0.4 is 11.5 Å². The van der Waals surface area contributed by atoms with Gasteiger partial charge in [-0.3, -0.25) is 0 Å². The van der Waals surface area contributed by atoms with Crippen LogP contribution in [0.3, 0.4) is 0 Å². The van der Waals surface area contributed by atoms with Gasteiger partial charge in [-0.15, -0.1) is 0 Å². The molecule has 0 saturated carbocycles. The lowest BCUT2D eigenvalue weighted by molar-refractivity contribution is 0.151. The summed E-state index contributed by atoms with van der Waals surface area (Å²) in [5.74, 6) is 0. The molecule has 5 nitrogen and oxygen atoms in total. The second kappa shape index (κ2) is 5.64. The van der Waals surface area contributed by atoms with E-state index in [1.165, 1.54) is 0 Å². The van der Waals surface area contributed by atoms with E-state index in [0.29, 0.717) is 19.5 Å². The largest absolute Gasteiger partial charge is 0.495 e. The molecule has 6 N–H and O–H groups in total. The standard InChI is InChI=1S/C5H16N2O3Si/c6-2-1-5-11(8,9)10-4-3-7/h8-9H,1-7H2. The number of hydrogen-bond donors (Lipinski definition) is 4. The van der Waals surface area contributed by atoms with E-state index in [1.54, 1.807) is 0 Å². The lowest BCUT2D eigenvalue weighted by Crippen LogP contribution is -2.40. The fourth-order valence-electron chi connectivity index (χ4n) is 0.627. The fraction of sp³-hybridized carbons (Fsp3) is 1.00. The highest BCUT2D eigenvalue weighted by Gasteiger charge is 2.30. The molecule has 0 saturated heterocycles. The molecular formula is C5H16N2O3Si. The Morgan fingerprint density at radius 1 is 1.18 bits per heavy atom. The van der Waals surface area contributed by atoms with Crippen molar-refractivity contribution in [3.8, 4) is 0 Å². The molecule has 0 bridgehead atoms. The molecule has 0 aromatic carbocycles. The quantitative estimate of drug-likeness (QED) is 0.362. The van der Waals surface area contributed by atoms with Gasteiger partial charge in [0.05, 0.1) is 6.61 Å². The third-order valence-electron chi connectivity index (χ3n) is 1.16.